The Hall–Kier alpha value is -1.57. The molecule has 0 spiro atoms. The van der Waals surface area contributed by atoms with E-state index in [4.69, 9.17) is 0 Å². The molecule has 2 N–H and O–H groups in total. The normalized spacial score (nSPS) is 13.3. The van der Waals surface area contributed by atoms with Crippen LogP contribution in [0.2, 0.25) is 0 Å². The molecule has 0 fully saturated rings. The van der Waals surface area contributed by atoms with Gasteiger partial charge < -0.3 is 4.90 Å². The molecule has 0 aromatic carbocycles. The second-order valence-corrected chi connectivity index (χ2v) is 7.80. The van der Waals surface area contributed by atoms with Crippen LogP contribution in [0.3, 0.4) is 0 Å². The molecule has 1 aromatic heterocycles. The summed E-state index contributed by atoms with van der Waals surface area (Å²) >= 11 is 0. The van der Waals surface area contributed by atoms with Gasteiger partial charge in [-0.1, -0.05) is 13.8 Å². The Morgan fingerprint density at radius 3 is 2.38 bits per heavy atom. The van der Waals surface area contributed by atoms with Gasteiger partial charge in [0.1, 0.15) is 0 Å². The summed E-state index contributed by atoms with van der Waals surface area (Å²) in [7, 11) is -0.776. The predicted octanol–water partition coefficient (Wildman–Crippen LogP) is 1.14. The van der Waals surface area contributed by atoms with E-state index in [0.717, 1.165) is 11.3 Å². The van der Waals surface area contributed by atoms with Crippen LogP contribution in [0.1, 0.15) is 32.0 Å². The summed E-state index contributed by atoms with van der Waals surface area (Å²) in [6.07, 6.45) is 0.705. The van der Waals surface area contributed by atoms with Gasteiger partial charge in [0.25, 0.3) is 0 Å². The quantitative estimate of drug-likeness (QED) is 0.822. The van der Waals surface area contributed by atoms with Crippen molar-refractivity contribution in [3.05, 3.63) is 11.3 Å². The number of hydrogen-bond acceptors (Lipinski definition) is 4. The Bertz CT molecular complexity index is 605. The first-order valence-corrected chi connectivity index (χ1v) is 8.37. The highest BCUT2D eigenvalue weighted by Gasteiger charge is 2.30. The minimum Gasteiger partial charge on any atom is -0.348 e. The molecule has 8 heteroatoms. The number of nitrogens with zero attached hydrogens (tertiary/aromatic N) is 2. The van der Waals surface area contributed by atoms with E-state index in [1.54, 1.807) is 0 Å². The average Bonchev–Trinajstić information content (AvgIpc) is 2.68. The van der Waals surface area contributed by atoms with Crippen molar-refractivity contribution in [3.63, 3.8) is 0 Å². The standard InChI is InChI=1S/C13H24N4O3S/c1-8(2)7-11-9(3)14-15-12(11)16-21(19,20)10(4)13(18)17(5)6/h8,10H,7H2,1-6H3,(H2,14,15,16). The summed E-state index contributed by atoms with van der Waals surface area (Å²) in [6, 6.07) is 0. The lowest BCUT2D eigenvalue weighted by atomic mass is 10.0. The third-order valence-corrected chi connectivity index (χ3v) is 4.79. The lowest BCUT2D eigenvalue weighted by molar-refractivity contribution is -0.127. The molecule has 1 aromatic rings. The Balaban J connectivity index is 3.02. The van der Waals surface area contributed by atoms with Crippen LogP contribution in [0.25, 0.3) is 0 Å². The van der Waals surface area contributed by atoms with Crippen molar-refractivity contribution in [1.82, 2.24) is 15.1 Å². The molecule has 0 saturated carbocycles. The fraction of sp³-hybridized carbons (Fsp3) is 0.692. The van der Waals surface area contributed by atoms with E-state index < -0.39 is 21.2 Å². The molecule has 1 atom stereocenters. The monoisotopic (exact) mass is 316 g/mol. The second-order valence-electron chi connectivity index (χ2n) is 5.80. The molecule has 0 aliphatic heterocycles. The maximum absolute atomic E-state index is 12.3. The van der Waals surface area contributed by atoms with Crippen LogP contribution in [0.15, 0.2) is 0 Å². The predicted molar refractivity (Wildman–Crippen MR) is 82.6 cm³/mol. The molecule has 1 rings (SSSR count). The minimum absolute atomic E-state index is 0.277. The number of hydrogen-bond donors (Lipinski definition) is 2. The lowest BCUT2D eigenvalue weighted by Crippen LogP contribution is -2.40. The van der Waals surface area contributed by atoms with Gasteiger partial charge in [-0.3, -0.25) is 14.6 Å². The highest BCUT2D eigenvalue weighted by atomic mass is 32.2. The van der Waals surface area contributed by atoms with Crippen LogP contribution in [-0.2, 0) is 21.2 Å². The zero-order valence-corrected chi connectivity index (χ0v) is 14.2. The summed E-state index contributed by atoms with van der Waals surface area (Å²) in [4.78, 5) is 13.1. The summed E-state index contributed by atoms with van der Waals surface area (Å²) in [6.45, 7) is 7.30. The lowest BCUT2D eigenvalue weighted by Gasteiger charge is -2.18. The van der Waals surface area contributed by atoms with Crippen molar-refractivity contribution in [2.45, 2.75) is 39.4 Å². The van der Waals surface area contributed by atoms with Crippen molar-refractivity contribution in [2.24, 2.45) is 5.92 Å². The third kappa shape index (κ3) is 4.20. The number of aromatic nitrogens is 2. The summed E-state index contributed by atoms with van der Waals surface area (Å²) < 4.78 is 27.0. The highest BCUT2D eigenvalue weighted by molar-refractivity contribution is 7.94. The summed E-state index contributed by atoms with van der Waals surface area (Å²) in [5.74, 6) is 0.171. The highest BCUT2D eigenvalue weighted by Crippen LogP contribution is 2.22. The van der Waals surface area contributed by atoms with E-state index in [0.29, 0.717) is 12.3 Å². The molecule has 1 unspecified atom stereocenters. The molecular formula is C13H24N4O3S. The Labute approximate surface area is 126 Å². The van der Waals surface area contributed by atoms with E-state index >= 15 is 0 Å². The molecule has 0 saturated heterocycles. The zero-order valence-electron chi connectivity index (χ0n) is 13.4. The molecule has 1 amide bonds. The third-order valence-electron chi connectivity index (χ3n) is 3.18. The first-order valence-electron chi connectivity index (χ1n) is 6.83. The van der Waals surface area contributed by atoms with Crippen molar-refractivity contribution in [3.8, 4) is 0 Å². The number of rotatable bonds is 6. The fourth-order valence-corrected chi connectivity index (χ4v) is 3.01. The number of aryl methyl sites for hydroxylation is 1. The topological polar surface area (TPSA) is 95.2 Å². The number of anilines is 1. The Morgan fingerprint density at radius 1 is 1.33 bits per heavy atom. The van der Waals surface area contributed by atoms with E-state index in [9.17, 15) is 13.2 Å². The molecule has 120 valence electrons. The number of aromatic amines is 1. The second kappa shape index (κ2) is 6.46. The zero-order chi connectivity index (χ0) is 16.4. The molecule has 0 aliphatic carbocycles. The molecule has 0 bridgehead atoms. The summed E-state index contributed by atoms with van der Waals surface area (Å²) in [5.41, 5.74) is 1.66. The maximum Gasteiger partial charge on any atom is 0.245 e. The molecule has 0 aliphatic rings. The van der Waals surface area contributed by atoms with Gasteiger partial charge in [0.05, 0.1) is 0 Å². The van der Waals surface area contributed by atoms with Crippen molar-refractivity contribution in [2.75, 3.05) is 18.8 Å². The van der Waals surface area contributed by atoms with Crippen molar-refractivity contribution >= 4 is 21.7 Å². The minimum atomic E-state index is -3.83. The van der Waals surface area contributed by atoms with Gasteiger partial charge in [0, 0.05) is 25.4 Å². The SMILES string of the molecule is Cc1[nH]nc(NS(=O)(=O)C(C)C(=O)N(C)C)c1CC(C)C. The maximum atomic E-state index is 12.3. The van der Waals surface area contributed by atoms with Gasteiger partial charge >= 0.3 is 0 Å². The van der Waals surface area contributed by atoms with E-state index in [1.807, 2.05) is 20.8 Å². The van der Waals surface area contributed by atoms with Gasteiger partial charge in [0.2, 0.25) is 15.9 Å². The number of H-pyrrole nitrogens is 1. The molecule has 1 heterocycles. The van der Waals surface area contributed by atoms with Crippen molar-refractivity contribution in [1.29, 1.82) is 0 Å². The Kier molecular flexibility index (Phi) is 5.38. The van der Waals surface area contributed by atoms with E-state index in [1.165, 1.54) is 25.9 Å². The van der Waals surface area contributed by atoms with Gasteiger partial charge in [-0.2, -0.15) is 5.10 Å². The number of sulfonamides is 1. The molecule has 0 radical (unpaired) electrons. The smallest absolute Gasteiger partial charge is 0.245 e. The average molecular weight is 316 g/mol. The number of nitrogens with one attached hydrogen (secondary N) is 2. The van der Waals surface area contributed by atoms with Crippen LogP contribution >= 0.6 is 0 Å². The van der Waals surface area contributed by atoms with E-state index in [2.05, 4.69) is 14.9 Å². The van der Waals surface area contributed by atoms with Crippen molar-refractivity contribution < 1.29 is 13.2 Å². The first kappa shape index (κ1) is 17.5. The molecular weight excluding hydrogens is 292 g/mol. The van der Waals surface area contributed by atoms with Crippen LogP contribution < -0.4 is 4.72 Å². The van der Waals surface area contributed by atoms with Gasteiger partial charge in [-0.15, -0.1) is 0 Å². The first-order chi connectivity index (χ1) is 9.56. The van der Waals surface area contributed by atoms with Crippen LogP contribution in [-0.4, -0.2) is 48.8 Å². The molecule has 21 heavy (non-hydrogen) atoms. The number of carbonyl (C=O) groups excluding carboxylic acids is 1. The Morgan fingerprint density at radius 2 is 1.90 bits per heavy atom. The van der Waals surface area contributed by atoms with Crippen LogP contribution in [0, 0.1) is 12.8 Å². The fourth-order valence-electron chi connectivity index (χ4n) is 1.91. The van der Waals surface area contributed by atoms with Gasteiger partial charge in [-0.25, -0.2) is 8.42 Å². The van der Waals surface area contributed by atoms with E-state index in [-0.39, 0.29) is 5.82 Å². The molecule has 7 nitrogen and oxygen atoms in total. The van der Waals surface area contributed by atoms with Crippen LogP contribution in [0.4, 0.5) is 5.82 Å². The van der Waals surface area contributed by atoms with Gasteiger partial charge in [-0.05, 0) is 26.2 Å². The number of carbonyl (C=O) groups is 1. The summed E-state index contributed by atoms with van der Waals surface area (Å²) in [5, 5.41) is 5.61. The van der Waals surface area contributed by atoms with Gasteiger partial charge in [0.15, 0.2) is 11.1 Å². The van der Waals surface area contributed by atoms with Crippen LogP contribution in [0.5, 0.6) is 0 Å². The largest absolute Gasteiger partial charge is 0.348 e. The number of amides is 1.